The highest BCUT2D eigenvalue weighted by molar-refractivity contribution is 7.12. The fourth-order valence-corrected chi connectivity index (χ4v) is 2.78. The van der Waals surface area contributed by atoms with Crippen molar-refractivity contribution in [1.29, 1.82) is 0 Å². The van der Waals surface area contributed by atoms with Crippen LogP contribution in [0.15, 0.2) is 35.7 Å². The highest BCUT2D eigenvalue weighted by Crippen LogP contribution is 2.24. The summed E-state index contributed by atoms with van der Waals surface area (Å²) in [4.78, 5) is 35.8. The number of hydrogen-bond acceptors (Lipinski definition) is 5. The highest BCUT2D eigenvalue weighted by Gasteiger charge is 2.13. The number of thiophene rings is 1. The molecule has 0 radical (unpaired) electrons. The number of methoxy groups -OCH3 is 1. The van der Waals surface area contributed by atoms with Gasteiger partial charge in [-0.1, -0.05) is 17.7 Å². The Hall–Kier alpha value is -2.38. The third-order valence-electron chi connectivity index (χ3n) is 3.29. The molecule has 0 saturated heterocycles. The Morgan fingerprint density at radius 1 is 1.20 bits per heavy atom. The summed E-state index contributed by atoms with van der Waals surface area (Å²) < 4.78 is 4.53. The Morgan fingerprint density at radius 2 is 2.00 bits per heavy atom. The monoisotopic (exact) mass is 380 g/mol. The summed E-state index contributed by atoms with van der Waals surface area (Å²) in [5.41, 5.74) is 0.728. The lowest BCUT2D eigenvalue weighted by Crippen LogP contribution is -2.25. The lowest BCUT2D eigenvalue weighted by atomic mass is 10.1. The maximum atomic E-state index is 12.2. The van der Waals surface area contributed by atoms with Crippen LogP contribution in [0.1, 0.15) is 32.9 Å². The summed E-state index contributed by atoms with van der Waals surface area (Å²) in [6.45, 7) is 0.341. The van der Waals surface area contributed by atoms with Crippen molar-refractivity contribution in [2.24, 2.45) is 0 Å². The number of esters is 1. The lowest BCUT2D eigenvalue weighted by Gasteiger charge is -2.09. The smallest absolute Gasteiger partial charge is 0.305 e. The minimum Gasteiger partial charge on any atom is -0.469 e. The second-order valence-corrected chi connectivity index (χ2v) is 6.42. The van der Waals surface area contributed by atoms with E-state index in [-0.39, 0.29) is 24.2 Å². The number of ether oxygens (including phenoxy) is 1. The molecule has 8 heteroatoms. The van der Waals surface area contributed by atoms with E-state index in [0.29, 0.717) is 34.1 Å². The average molecular weight is 381 g/mol. The summed E-state index contributed by atoms with van der Waals surface area (Å²) in [7, 11) is 1.32. The number of amides is 2. The van der Waals surface area contributed by atoms with Gasteiger partial charge in [-0.15, -0.1) is 11.3 Å². The van der Waals surface area contributed by atoms with Gasteiger partial charge in [-0.2, -0.15) is 0 Å². The molecule has 0 fully saturated rings. The lowest BCUT2D eigenvalue weighted by molar-refractivity contribution is -0.140. The number of carbonyl (C=O) groups is 3. The van der Waals surface area contributed by atoms with Gasteiger partial charge in [0.05, 0.1) is 22.7 Å². The van der Waals surface area contributed by atoms with E-state index in [1.165, 1.54) is 24.5 Å². The molecule has 1 aromatic heterocycles. The zero-order chi connectivity index (χ0) is 18.2. The number of anilines is 1. The predicted octanol–water partition coefficient (Wildman–Crippen LogP) is 3.34. The first-order valence-electron chi connectivity index (χ1n) is 7.50. The molecule has 1 heterocycles. The van der Waals surface area contributed by atoms with E-state index < -0.39 is 0 Å². The molecule has 0 aliphatic rings. The van der Waals surface area contributed by atoms with Crippen LogP contribution in [0.3, 0.4) is 0 Å². The predicted molar refractivity (Wildman–Crippen MR) is 97.3 cm³/mol. The summed E-state index contributed by atoms with van der Waals surface area (Å²) in [6, 6.07) is 8.11. The first-order chi connectivity index (χ1) is 12.0. The number of carbonyl (C=O) groups excluding carboxylic acids is 3. The maximum Gasteiger partial charge on any atom is 0.305 e. The van der Waals surface area contributed by atoms with Gasteiger partial charge in [-0.3, -0.25) is 14.4 Å². The second kappa shape index (κ2) is 9.19. The van der Waals surface area contributed by atoms with Crippen molar-refractivity contribution < 1.29 is 19.1 Å². The number of nitrogens with one attached hydrogen (secondary N) is 2. The van der Waals surface area contributed by atoms with Crippen LogP contribution in [0.4, 0.5) is 5.69 Å². The Labute approximate surface area is 154 Å². The molecule has 2 amide bonds. The molecule has 2 rings (SSSR count). The Bertz CT molecular complexity index is 762. The fourth-order valence-electron chi connectivity index (χ4n) is 1.99. The molecule has 0 atom stereocenters. The molecular weight excluding hydrogens is 364 g/mol. The molecule has 0 bridgehead atoms. The quantitative estimate of drug-likeness (QED) is 0.570. The molecule has 2 aromatic rings. The molecular formula is C17H17ClN2O4S. The van der Waals surface area contributed by atoms with E-state index in [0.717, 1.165) is 0 Å². The third-order valence-corrected chi connectivity index (χ3v) is 4.49. The summed E-state index contributed by atoms with van der Waals surface area (Å²) in [5.74, 6) is -0.917. The third kappa shape index (κ3) is 5.58. The Morgan fingerprint density at radius 3 is 2.68 bits per heavy atom. The second-order valence-electron chi connectivity index (χ2n) is 5.06. The molecule has 0 aliphatic carbocycles. The zero-order valence-electron chi connectivity index (χ0n) is 13.5. The minimum atomic E-state index is -0.320. The van der Waals surface area contributed by atoms with Crippen molar-refractivity contribution >= 4 is 46.4 Å². The van der Waals surface area contributed by atoms with Crippen molar-refractivity contribution in [3.8, 4) is 0 Å². The number of rotatable bonds is 7. The molecule has 132 valence electrons. The van der Waals surface area contributed by atoms with Crippen molar-refractivity contribution in [3.63, 3.8) is 0 Å². The van der Waals surface area contributed by atoms with Gasteiger partial charge in [0.1, 0.15) is 0 Å². The van der Waals surface area contributed by atoms with Gasteiger partial charge in [0.2, 0.25) is 0 Å². The Kier molecular flexibility index (Phi) is 6.97. The molecule has 0 aliphatic heterocycles. The van der Waals surface area contributed by atoms with Crippen LogP contribution in [0, 0.1) is 0 Å². The largest absolute Gasteiger partial charge is 0.469 e. The van der Waals surface area contributed by atoms with Crippen molar-refractivity contribution in [1.82, 2.24) is 5.32 Å². The van der Waals surface area contributed by atoms with E-state index in [9.17, 15) is 14.4 Å². The van der Waals surface area contributed by atoms with Crippen molar-refractivity contribution in [3.05, 3.63) is 51.2 Å². The molecule has 0 saturated carbocycles. The zero-order valence-corrected chi connectivity index (χ0v) is 15.1. The van der Waals surface area contributed by atoms with Gasteiger partial charge in [0.25, 0.3) is 11.8 Å². The number of halogens is 1. The molecule has 0 unspecified atom stereocenters. The topological polar surface area (TPSA) is 84.5 Å². The van der Waals surface area contributed by atoms with Crippen LogP contribution < -0.4 is 10.6 Å². The number of hydrogen-bond donors (Lipinski definition) is 2. The normalized spacial score (nSPS) is 10.2. The van der Waals surface area contributed by atoms with Crippen molar-refractivity contribution in [2.75, 3.05) is 19.0 Å². The van der Waals surface area contributed by atoms with Crippen molar-refractivity contribution in [2.45, 2.75) is 12.8 Å². The van der Waals surface area contributed by atoms with Gasteiger partial charge < -0.3 is 15.4 Å². The first kappa shape index (κ1) is 19.0. The van der Waals surface area contributed by atoms with Crippen LogP contribution in [0.5, 0.6) is 0 Å². The summed E-state index contributed by atoms with van der Waals surface area (Å²) >= 11 is 7.40. The van der Waals surface area contributed by atoms with Gasteiger partial charge >= 0.3 is 5.97 Å². The Balaban J connectivity index is 1.96. The van der Waals surface area contributed by atoms with E-state index in [4.69, 9.17) is 11.6 Å². The molecule has 2 N–H and O–H groups in total. The van der Waals surface area contributed by atoms with Gasteiger partial charge in [-0.25, -0.2) is 0 Å². The van der Waals surface area contributed by atoms with E-state index in [2.05, 4.69) is 15.4 Å². The minimum absolute atomic E-state index is 0.236. The van der Waals surface area contributed by atoms with E-state index >= 15 is 0 Å². The van der Waals surface area contributed by atoms with Crippen LogP contribution in [0.25, 0.3) is 0 Å². The van der Waals surface area contributed by atoms with E-state index in [1.807, 2.05) is 0 Å². The fraction of sp³-hybridized carbons (Fsp3) is 0.235. The van der Waals surface area contributed by atoms with Gasteiger partial charge in [0.15, 0.2) is 0 Å². The molecule has 6 nitrogen and oxygen atoms in total. The van der Waals surface area contributed by atoms with Crippen LogP contribution in [0.2, 0.25) is 5.02 Å². The highest BCUT2D eigenvalue weighted by atomic mass is 35.5. The molecule has 1 aromatic carbocycles. The SMILES string of the molecule is COC(=O)CCCNC(=O)c1ccc(Cl)c(NC(=O)c2cccs2)c1. The standard InChI is InChI=1S/C17H17ClN2O4S/c1-24-15(21)5-2-8-19-16(22)11-6-7-12(18)13(10-11)20-17(23)14-4-3-9-25-14/h3-4,6-7,9-10H,2,5,8H2,1H3,(H,19,22)(H,20,23). The van der Waals surface area contributed by atoms with Gasteiger partial charge in [-0.05, 0) is 36.1 Å². The first-order valence-corrected chi connectivity index (χ1v) is 8.76. The van der Waals surface area contributed by atoms with Crippen LogP contribution in [-0.2, 0) is 9.53 Å². The molecule has 0 spiro atoms. The maximum absolute atomic E-state index is 12.2. The number of benzene rings is 1. The van der Waals surface area contributed by atoms with Crippen LogP contribution >= 0.6 is 22.9 Å². The summed E-state index contributed by atoms with van der Waals surface area (Å²) in [6.07, 6.45) is 0.716. The van der Waals surface area contributed by atoms with Gasteiger partial charge in [0, 0.05) is 18.5 Å². The molecule has 25 heavy (non-hydrogen) atoms. The van der Waals surface area contributed by atoms with Crippen LogP contribution in [-0.4, -0.2) is 31.4 Å². The summed E-state index contributed by atoms with van der Waals surface area (Å²) in [5, 5.41) is 7.54. The van der Waals surface area contributed by atoms with E-state index in [1.54, 1.807) is 29.6 Å². The average Bonchev–Trinajstić information content (AvgIpc) is 3.14.